The summed E-state index contributed by atoms with van der Waals surface area (Å²) in [5.41, 5.74) is 5.64. The lowest BCUT2D eigenvalue weighted by atomic mass is 10.4. The minimum Gasteiger partial charge on any atom is -0.424 e. The smallest absolute Gasteiger partial charge is 0.304 e. The molecule has 2 aromatic heterocycles. The lowest BCUT2D eigenvalue weighted by Crippen LogP contribution is -2.02. The number of imidazole rings is 1. The molecule has 84 valence electrons. The van der Waals surface area contributed by atoms with Crippen LogP contribution >= 0.6 is 0 Å². The largest absolute Gasteiger partial charge is 0.424 e. The van der Waals surface area contributed by atoms with Crippen LogP contribution < -0.4 is 10.5 Å². The molecule has 0 aromatic carbocycles. The normalized spacial score (nSPS) is 10.7. The zero-order valence-electron chi connectivity index (χ0n) is 9.29. The molecular weight excluding hydrogens is 204 g/mol. The summed E-state index contributed by atoms with van der Waals surface area (Å²) in [4.78, 5) is 8.09. The van der Waals surface area contributed by atoms with Crippen molar-refractivity contribution in [3.05, 3.63) is 30.7 Å². The molecule has 0 aliphatic heterocycles. The van der Waals surface area contributed by atoms with Crippen molar-refractivity contribution in [1.29, 1.82) is 0 Å². The highest BCUT2D eigenvalue weighted by Crippen LogP contribution is 2.23. The van der Waals surface area contributed by atoms with Gasteiger partial charge in [-0.3, -0.25) is 9.55 Å². The number of ether oxygens (including phenoxy) is 1. The molecule has 0 saturated carbocycles. The van der Waals surface area contributed by atoms with E-state index in [1.807, 2.05) is 24.5 Å². The molecule has 0 unspecified atom stereocenters. The van der Waals surface area contributed by atoms with Crippen LogP contribution in [0.2, 0.25) is 0 Å². The van der Waals surface area contributed by atoms with E-state index in [9.17, 15) is 0 Å². The molecule has 0 saturated heterocycles. The minimum absolute atomic E-state index is 0.247. The van der Waals surface area contributed by atoms with E-state index >= 15 is 0 Å². The number of hydrogen-bond donors (Lipinski definition) is 1. The molecule has 0 radical (unpaired) electrons. The minimum atomic E-state index is 0.247. The van der Waals surface area contributed by atoms with Crippen LogP contribution in [0.4, 0.5) is 5.82 Å². The Balaban J connectivity index is 2.28. The van der Waals surface area contributed by atoms with Crippen molar-refractivity contribution in [3.63, 3.8) is 0 Å². The third-order valence-electron chi connectivity index (χ3n) is 2.12. The Labute approximate surface area is 93.9 Å². The van der Waals surface area contributed by atoms with Crippen LogP contribution in [0.5, 0.6) is 11.8 Å². The summed E-state index contributed by atoms with van der Waals surface area (Å²) < 4.78 is 7.48. The van der Waals surface area contributed by atoms with E-state index in [2.05, 4.69) is 9.97 Å². The maximum Gasteiger partial charge on any atom is 0.304 e. The summed E-state index contributed by atoms with van der Waals surface area (Å²) in [6.45, 7) is 4.08. The Hall–Kier alpha value is -2.04. The summed E-state index contributed by atoms with van der Waals surface area (Å²) in [5.74, 6) is 1.10. The lowest BCUT2D eigenvalue weighted by molar-refractivity contribution is 0.394. The van der Waals surface area contributed by atoms with E-state index in [1.54, 1.807) is 24.7 Å². The number of nitrogens with two attached hydrogens (primary N) is 1. The average Bonchev–Trinajstić information content (AvgIpc) is 2.61. The summed E-state index contributed by atoms with van der Waals surface area (Å²) >= 11 is 0. The molecule has 0 amide bonds. The molecule has 0 fully saturated rings. The van der Waals surface area contributed by atoms with Gasteiger partial charge in [0.25, 0.3) is 0 Å². The van der Waals surface area contributed by atoms with Crippen molar-refractivity contribution in [3.8, 4) is 11.8 Å². The number of nitrogen functional groups attached to an aromatic ring is 1. The van der Waals surface area contributed by atoms with Crippen molar-refractivity contribution >= 4 is 5.82 Å². The van der Waals surface area contributed by atoms with Gasteiger partial charge in [-0.15, -0.1) is 0 Å². The first kappa shape index (κ1) is 10.5. The van der Waals surface area contributed by atoms with Gasteiger partial charge < -0.3 is 10.5 Å². The van der Waals surface area contributed by atoms with Gasteiger partial charge in [-0.25, -0.2) is 0 Å². The second kappa shape index (κ2) is 4.22. The van der Waals surface area contributed by atoms with E-state index < -0.39 is 0 Å². The second-order valence-electron chi connectivity index (χ2n) is 3.74. The summed E-state index contributed by atoms with van der Waals surface area (Å²) in [6, 6.07) is 4.36. The zero-order valence-corrected chi connectivity index (χ0v) is 9.29. The first-order valence-electron chi connectivity index (χ1n) is 5.09. The Morgan fingerprint density at radius 2 is 2.25 bits per heavy atom. The number of anilines is 1. The second-order valence-corrected chi connectivity index (χ2v) is 3.74. The van der Waals surface area contributed by atoms with Gasteiger partial charge in [0.15, 0.2) is 0 Å². The number of pyridine rings is 1. The molecule has 2 aromatic rings. The Bertz CT molecular complexity index is 464. The summed E-state index contributed by atoms with van der Waals surface area (Å²) in [5, 5.41) is 0. The Morgan fingerprint density at radius 3 is 2.88 bits per heavy atom. The van der Waals surface area contributed by atoms with Gasteiger partial charge >= 0.3 is 6.01 Å². The van der Waals surface area contributed by atoms with Crippen molar-refractivity contribution < 1.29 is 4.74 Å². The van der Waals surface area contributed by atoms with E-state index in [0.717, 1.165) is 0 Å². The fourth-order valence-electron chi connectivity index (χ4n) is 1.35. The maximum absolute atomic E-state index is 5.64. The Morgan fingerprint density at radius 1 is 1.44 bits per heavy atom. The number of rotatable bonds is 3. The van der Waals surface area contributed by atoms with E-state index in [1.165, 1.54) is 0 Å². The fraction of sp³-hybridized carbons (Fsp3) is 0.273. The highest BCUT2D eigenvalue weighted by molar-refractivity contribution is 5.31. The molecule has 5 heteroatoms. The third kappa shape index (κ3) is 2.13. The highest BCUT2D eigenvalue weighted by atomic mass is 16.5. The number of hydrogen-bond acceptors (Lipinski definition) is 4. The molecule has 2 heterocycles. The van der Waals surface area contributed by atoms with Crippen LogP contribution in [0.1, 0.15) is 19.9 Å². The van der Waals surface area contributed by atoms with E-state index in [-0.39, 0.29) is 6.04 Å². The quantitative estimate of drug-likeness (QED) is 0.857. The van der Waals surface area contributed by atoms with Gasteiger partial charge in [0.05, 0.1) is 12.4 Å². The van der Waals surface area contributed by atoms with E-state index in [4.69, 9.17) is 10.5 Å². The maximum atomic E-state index is 5.64. The highest BCUT2D eigenvalue weighted by Gasteiger charge is 2.10. The predicted molar refractivity (Wildman–Crippen MR) is 61.3 cm³/mol. The van der Waals surface area contributed by atoms with Crippen LogP contribution in [0.25, 0.3) is 0 Å². The van der Waals surface area contributed by atoms with Gasteiger partial charge in [0, 0.05) is 12.2 Å². The van der Waals surface area contributed by atoms with Gasteiger partial charge in [0.2, 0.25) is 0 Å². The number of aromatic nitrogens is 3. The monoisotopic (exact) mass is 218 g/mol. The molecular formula is C11H14N4O. The van der Waals surface area contributed by atoms with Crippen molar-refractivity contribution in [1.82, 2.24) is 14.5 Å². The fourth-order valence-corrected chi connectivity index (χ4v) is 1.35. The van der Waals surface area contributed by atoms with Gasteiger partial charge in [-0.1, -0.05) is 0 Å². The third-order valence-corrected chi connectivity index (χ3v) is 2.12. The standard InChI is InChI=1S/C11H14N4O/c1-8(2)15-7-10(12)14-11(15)16-9-4-3-5-13-6-9/h3-8H,12H2,1-2H3. The van der Waals surface area contributed by atoms with Gasteiger partial charge in [-0.05, 0) is 26.0 Å². The van der Waals surface area contributed by atoms with E-state index in [0.29, 0.717) is 17.6 Å². The molecule has 0 aliphatic carbocycles. The van der Waals surface area contributed by atoms with Crippen molar-refractivity contribution in [2.45, 2.75) is 19.9 Å². The first-order valence-corrected chi connectivity index (χ1v) is 5.09. The first-order chi connectivity index (χ1) is 7.66. The molecule has 0 atom stereocenters. The molecule has 16 heavy (non-hydrogen) atoms. The molecule has 5 nitrogen and oxygen atoms in total. The van der Waals surface area contributed by atoms with Crippen molar-refractivity contribution in [2.75, 3.05) is 5.73 Å². The van der Waals surface area contributed by atoms with Gasteiger partial charge in [-0.2, -0.15) is 4.98 Å². The molecule has 2 rings (SSSR count). The molecule has 0 spiro atoms. The molecule has 2 N–H and O–H groups in total. The predicted octanol–water partition coefficient (Wildman–Crippen LogP) is 2.23. The molecule has 0 aliphatic rings. The lowest BCUT2D eigenvalue weighted by Gasteiger charge is -2.10. The summed E-state index contributed by atoms with van der Waals surface area (Å²) in [7, 11) is 0. The van der Waals surface area contributed by atoms with Crippen LogP contribution in [0, 0.1) is 0 Å². The average molecular weight is 218 g/mol. The topological polar surface area (TPSA) is 66.0 Å². The van der Waals surface area contributed by atoms with Crippen LogP contribution in [0.3, 0.4) is 0 Å². The number of nitrogens with zero attached hydrogens (tertiary/aromatic N) is 3. The summed E-state index contributed by atoms with van der Waals surface area (Å²) in [6.07, 6.45) is 5.09. The van der Waals surface area contributed by atoms with Crippen molar-refractivity contribution in [2.24, 2.45) is 0 Å². The zero-order chi connectivity index (χ0) is 11.5. The van der Waals surface area contributed by atoms with Crippen LogP contribution in [0.15, 0.2) is 30.7 Å². The van der Waals surface area contributed by atoms with Crippen LogP contribution in [-0.4, -0.2) is 14.5 Å². The van der Waals surface area contributed by atoms with Crippen LogP contribution in [-0.2, 0) is 0 Å². The SMILES string of the molecule is CC(C)n1cc(N)nc1Oc1cccnc1. The molecule has 0 bridgehead atoms. The Kier molecular flexibility index (Phi) is 2.76. The van der Waals surface area contributed by atoms with Gasteiger partial charge in [0.1, 0.15) is 11.6 Å².